The van der Waals surface area contributed by atoms with E-state index in [4.69, 9.17) is 5.11 Å². The van der Waals surface area contributed by atoms with E-state index in [9.17, 15) is 13.2 Å². The smallest absolute Gasteiger partial charge is 0.396 e. The molecule has 0 saturated heterocycles. The molecule has 1 aromatic rings. The Morgan fingerprint density at radius 1 is 1.44 bits per heavy atom. The van der Waals surface area contributed by atoms with Gasteiger partial charge in [-0.3, -0.25) is 0 Å². The molecule has 0 atom stereocenters. The third-order valence-corrected chi connectivity index (χ3v) is 2.46. The van der Waals surface area contributed by atoms with Crippen molar-refractivity contribution < 1.29 is 18.3 Å². The molecular weight excluding hydrogens is 241 g/mol. The van der Waals surface area contributed by atoms with Gasteiger partial charge in [-0.05, 0) is 19.1 Å². The van der Waals surface area contributed by atoms with Crippen molar-refractivity contribution in [3.8, 4) is 0 Å². The second-order valence-electron chi connectivity index (χ2n) is 3.06. The van der Waals surface area contributed by atoms with Gasteiger partial charge in [-0.25, -0.2) is 9.97 Å². The number of nitrogens with zero attached hydrogens (tertiary/aromatic N) is 2. The lowest BCUT2D eigenvalue weighted by atomic mass is 10.1. The summed E-state index contributed by atoms with van der Waals surface area (Å²) in [5.74, 6) is 0. The number of aromatic nitrogens is 2. The lowest BCUT2D eigenvalue weighted by molar-refractivity contribution is -0.142. The number of rotatable bonds is 4. The third kappa shape index (κ3) is 3.34. The highest BCUT2D eigenvalue weighted by Gasteiger charge is 2.35. The molecule has 7 heteroatoms. The first-order valence-corrected chi connectivity index (χ1v) is 5.79. The molecule has 0 aliphatic rings. The van der Waals surface area contributed by atoms with E-state index in [1.165, 1.54) is 6.20 Å². The SMILES string of the molecule is CSc1ncc(CCCO)c(C(F)(F)F)n1. The van der Waals surface area contributed by atoms with Gasteiger partial charge in [0.05, 0.1) is 0 Å². The van der Waals surface area contributed by atoms with E-state index < -0.39 is 11.9 Å². The van der Waals surface area contributed by atoms with Crippen LogP contribution in [-0.2, 0) is 12.6 Å². The molecule has 0 unspecified atom stereocenters. The fraction of sp³-hybridized carbons (Fsp3) is 0.556. The van der Waals surface area contributed by atoms with Crippen LogP contribution in [-0.4, -0.2) is 27.9 Å². The van der Waals surface area contributed by atoms with E-state index in [1.807, 2.05) is 0 Å². The summed E-state index contributed by atoms with van der Waals surface area (Å²) < 4.78 is 37.9. The summed E-state index contributed by atoms with van der Waals surface area (Å²) in [4.78, 5) is 7.26. The van der Waals surface area contributed by atoms with Crippen molar-refractivity contribution in [2.75, 3.05) is 12.9 Å². The van der Waals surface area contributed by atoms with Crippen LogP contribution < -0.4 is 0 Å². The summed E-state index contributed by atoms with van der Waals surface area (Å²) in [6, 6.07) is 0. The number of halogens is 3. The monoisotopic (exact) mass is 252 g/mol. The van der Waals surface area contributed by atoms with Crippen LogP contribution in [0.25, 0.3) is 0 Å². The number of aryl methyl sites for hydroxylation is 1. The topological polar surface area (TPSA) is 46.0 Å². The number of aliphatic hydroxyl groups is 1. The van der Waals surface area contributed by atoms with E-state index in [2.05, 4.69) is 9.97 Å². The molecule has 0 fully saturated rings. The van der Waals surface area contributed by atoms with Gasteiger partial charge in [-0.15, -0.1) is 0 Å². The zero-order valence-electron chi connectivity index (χ0n) is 8.58. The average Bonchev–Trinajstić information content (AvgIpc) is 2.25. The van der Waals surface area contributed by atoms with Gasteiger partial charge < -0.3 is 5.11 Å². The lowest BCUT2D eigenvalue weighted by Gasteiger charge is -2.11. The Kier molecular flexibility index (Phi) is 4.55. The minimum atomic E-state index is -4.47. The van der Waals surface area contributed by atoms with Crippen molar-refractivity contribution in [2.24, 2.45) is 0 Å². The van der Waals surface area contributed by atoms with Crippen molar-refractivity contribution >= 4 is 11.8 Å². The first-order valence-electron chi connectivity index (χ1n) is 4.57. The summed E-state index contributed by atoms with van der Waals surface area (Å²) in [6.07, 6.45) is -1.29. The van der Waals surface area contributed by atoms with E-state index in [1.54, 1.807) is 6.26 Å². The molecule has 1 N–H and O–H groups in total. The summed E-state index contributed by atoms with van der Waals surface area (Å²) in [6.45, 7) is -0.151. The second-order valence-corrected chi connectivity index (χ2v) is 3.83. The number of aliphatic hydroxyl groups excluding tert-OH is 1. The van der Waals surface area contributed by atoms with Crippen molar-refractivity contribution in [3.63, 3.8) is 0 Å². The Balaban J connectivity index is 3.06. The first-order chi connectivity index (χ1) is 7.49. The van der Waals surface area contributed by atoms with E-state index in [0.29, 0.717) is 0 Å². The fourth-order valence-electron chi connectivity index (χ4n) is 1.19. The Hall–Kier alpha value is -0.820. The molecule has 3 nitrogen and oxygen atoms in total. The molecule has 0 saturated carbocycles. The van der Waals surface area contributed by atoms with Crippen LogP contribution in [0.2, 0.25) is 0 Å². The number of alkyl halides is 3. The van der Waals surface area contributed by atoms with Crippen LogP contribution in [0.1, 0.15) is 17.7 Å². The molecular formula is C9H11F3N2OS. The van der Waals surface area contributed by atoms with Gasteiger partial charge in [0, 0.05) is 18.4 Å². The van der Waals surface area contributed by atoms with Crippen molar-refractivity contribution in [1.82, 2.24) is 9.97 Å². The van der Waals surface area contributed by atoms with Gasteiger partial charge in [0.15, 0.2) is 10.9 Å². The third-order valence-electron chi connectivity index (χ3n) is 1.90. The van der Waals surface area contributed by atoms with Crippen LogP contribution in [0.3, 0.4) is 0 Å². The van der Waals surface area contributed by atoms with E-state index in [-0.39, 0.29) is 30.2 Å². The van der Waals surface area contributed by atoms with Gasteiger partial charge in [-0.1, -0.05) is 11.8 Å². The lowest BCUT2D eigenvalue weighted by Crippen LogP contribution is -2.13. The first kappa shape index (κ1) is 13.2. The molecule has 1 heterocycles. The maximum atomic E-state index is 12.6. The predicted octanol–water partition coefficient (Wildman–Crippen LogP) is 2.14. The number of thioether (sulfide) groups is 1. The fourth-order valence-corrected chi connectivity index (χ4v) is 1.53. The molecule has 0 bridgehead atoms. The Bertz CT molecular complexity index is 357. The van der Waals surface area contributed by atoms with Crippen LogP contribution in [0.4, 0.5) is 13.2 Å². The standard InChI is InChI=1S/C9H11F3N2OS/c1-16-8-13-5-6(3-2-4-15)7(14-8)9(10,11)12/h5,15H,2-4H2,1H3. The largest absolute Gasteiger partial charge is 0.433 e. The van der Waals surface area contributed by atoms with Gasteiger partial charge in [0.25, 0.3) is 0 Å². The summed E-state index contributed by atoms with van der Waals surface area (Å²) >= 11 is 1.06. The van der Waals surface area contributed by atoms with Crippen molar-refractivity contribution in [2.45, 2.75) is 24.2 Å². The molecule has 1 aromatic heterocycles. The van der Waals surface area contributed by atoms with Crippen molar-refractivity contribution in [1.29, 1.82) is 0 Å². The van der Waals surface area contributed by atoms with Gasteiger partial charge >= 0.3 is 6.18 Å². The normalized spacial score (nSPS) is 11.8. The Morgan fingerprint density at radius 2 is 2.12 bits per heavy atom. The van der Waals surface area contributed by atoms with Gasteiger partial charge in [0.2, 0.25) is 0 Å². The van der Waals surface area contributed by atoms with Crippen LogP contribution in [0.15, 0.2) is 11.4 Å². The molecule has 1 rings (SSSR count). The Morgan fingerprint density at radius 3 is 2.62 bits per heavy atom. The molecule has 16 heavy (non-hydrogen) atoms. The summed E-state index contributed by atoms with van der Waals surface area (Å²) in [7, 11) is 0. The zero-order chi connectivity index (χ0) is 12.2. The van der Waals surface area contributed by atoms with Crippen LogP contribution >= 0.6 is 11.8 Å². The zero-order valence-corrected chi connectivity index (χ0v) is 9.40. The molecule has 0 aliphatic heterocycles. The highest BCUT2D eigenvalue weighted by Crippen LogP contribution is 2.31. The number of hydrogen-bond acceptors (Lipinski definition) is 4. The molecule has 0 aromatic carbocycles. The molecule has 0 amide bonds. The van der Waals surface area contributed by atoms with E-state index >= 15 is 0 Å². The minimum Gasteiger partial charge on any atom is -0.396 e. The molecule has 90 valence electrons. The second kappa shape index (κ2) is 5.49. The van der Waals surface area contributed by atoms with Crippen molar-refractivity contribution in [3.05, 3.63) is 17.5 Å². The molecule has 0 aliphatic carbocycles. The Labute approximate surface area is 95.1 Å². The highest BCUT2D eigenvalue weighted by atomic mass is 32.2. The molecule has 0 radical (unpaired) electrons. The summed E-state index contributed by atoms with van der Waals surface area (Å²) in [5.41, 5.74) is -0.875. The highest BCUT2D eigenvalue weighted by molar-refractivity contribution is 7.98. The average molecular weight is 252 g/mol. The maximum Gasteiger partial charge on any atom is 0.433 e. The summed E-state index contributed by atoms with van der Waals surface area (Å²) in [5, 5.41) is 8.69. The minimum absolute atomic E-state index is 0.0272. The quantitative estimate of drug-likeness (QED) is 0.658. The maximum absolute atomic E-state index is 12.6. The van der Waals surface area contributed by atoms with Crippen LogP contribution in [0, 0.1) is 0 Å². The predicted molar refractivity (Wildman–Crippen MR) is 54.2 cm³/mol. The van der Waals surface area contributed by atoms with Gasteiger partial charge in [-0.2, -0.15) is 13.2 Å². The molecule has 0 spiro atoms. The van der Waals surface area contributed by atoms with E-state index in [0.717, 1.165) is 11.8 Å². The van der Waals surface area contributed by atoms with Gasteiger partial charge in [0.1, 0.15) is 0 Å². The van der Waals surface area contributed by atoms with Crippen LogP contribution in [0.5, 0.6) is 0 Å². The number of hydrogen-bond donors (Lipinski definition) is 1.